The molecule has 0 aromatic heterocycles. The summed E-state index contributed by atoms with van der Waals surface area (Å²) in [6.07, 6.45) is 1.01. The van der Waals surface area contributed by atoms with Crippen molar-refractivity contribution in [2.24, 2.45) is 0 Å². The Kier molecular flexibility index (Phi) is 5.96. The minimum absolute atomic E-state index is 0.206. The molecule has 4 nitrogen and oxygen atoms in total. The summed E-state index contributed by atoms with van der Waals surface area (Å²) in [5.74, 6) is -0.983. The van der Waals surface area contributed by atoms with Gasteiger partial charge in [-0.05, 0) is 43.5 Å². The van der Waals surface area contributed by atoms with Crippen LogP contribution in [0.5, 0.6) is 0 Å². The van der Waals surface area contributed by atoms with Crippen LogP contribution in [-0.2, 0) is 9.47 Å². The van der Waals surface area contributed by atoms with Gasteiger partial charge in [-0.15, -0.1) is 0 Å². The van der Waals surface area contributed by atoms with E-state index < -0.39 is 11.9 Å². The first-order chi connectivity index (χ1) is 11.5. The Morgan fingerprint density at radius 1 is 0.875 bits per heavy atom. The van der Waals surface area contributed by atoms with Gasteiger partial charge in [0.25, 0.3) is 0 Å². The summed E-state index contributed by atoms with van der Waals surface area (Å²) in [5.41, 5.74) is 0.531. The number of carbonyl (C=O) groups excluding carboxylic acids is 2. The molecule has 2 atom stereocenters. The lowest BCUT2D eigenvalue weighted by Gasteiger charge is -2.16. The van der Waals surface area contributed by atoms with Gasteiger partial charge in [-0.1, -0.05) is 44.2 Å². The second kappa shape index (κ2) is 7.95. The van der Waals surface area contributed by atoms with Crippen molar-refractivity contribution < 1.29 is 19.1 Å². The van der Waals surface area contributed by atoms with Crippen LogP contribution >= 0.6 is 0 Å². The van der Waals surface area contributed by atoms with Gasteiger partial charge >= 0.3 is 11.9 Å². The number of fused-ring (bicyclic) bond motifs is 1. The molecule has 0 amide bonds. The van der Waals surface area contributed by atoms with Crippen LogP contribution in [0.15, 0.2) is 36.4 Å². The monoisotopic (exact) mass is 328 g/mol. The summed E-state index contributed by atoms with van der Waals surface area (Å²) in [7, 11) is 0. The first-order valence-electron chi connectivity index (χ1n) is 8.41. The highest BCUT2D eigenvalue weighted by atomic mass is 16.5. The Balaban J connectivity index is 2.52. The van der Waals surface area contributed by atoms with Crippen LogP contribution in [0.25, 0.3) is 10.8 Å². The van der Waals surface area contributed by atoms with Gasteiger partial charge in [0.15, 0.2) is 0 Å². The van der Waals surface area contributed by atoms with Crippen molar-refractivity contribution in [3.63, 3.8) is 0 Å². The van der Waals surface area contributed by atoms with E-state index in [9.17, 15) is 9.59 Å². The number of esters is 2. The zero-order chi connectivity index (χ0) is 17.7. The average molecular weight is 328 g/mol. The van der Waals surface area contributed by atoms with Gasteiger partial charge in [0.1, 0.15) is 0 Å². The first-order valence-corrected chi connectivity index (χ1v) is 8.41. The van der Waals surface area contributed by atoms with Gasteiger partial charge in [-0.2, -0.15) is 0 Å². The molecule has 0 bridgehead atoms. The molecule has 0 aliphatic carbocycles. The molecule has 2 rings (SSSR count). The summed E-state index contributed by atoms with van der Waals surface area (Å²) in [4.78, 5) is 25.2. The molecular formula is C20H24O4. The average Bonchev–Trinajstić information content (AvgIpc) is 2.60. The summed E-state index contributed by atoms with van der Waals surface area (Å²) in [6.45, 7) is 7.55. The second-order valence-corrected chi connectivity index (χ2v) is 5.96. The van der Waals surface area contributed by atoms with Crippen LogP contribution in [0, 0.1) is 0 Å². The number of hydrogen-bond donors (Lipinski definition) is 0. The molecule has 0 saturated carbocycles. The van der Waals surface area contributed by atoms with Crippen molar-refractivity contribution in [1.29, 1.82) is 0 Å². The maximum atomic E-state index is 12.7. The summed E-state index contributed by atoms with van der Waals surface area (Å²) < 4.78 is 10.9. The quantitative estimate of drug-likeness (QED) is 0.718. The predicted molar refractivity (Wildman–Crippen MR) is 94.3 cm³/mol. The lowest BCUT2D eigenvalue weighted by molar-refractivity contribution is 0.0287. The number of hydrogen-bond acceptors (Lipinski definition) is 4. The fraction of sp³-hybridized carbons (Fsp3) is 0.400. The Labute approximate surface area is 142 Å². The van der Waals surface area contributed by atoms with E-state index in [1.807, 2.05) is 58.0 Å². The van der Waals surface area contributed by atoms with E-state index in [-0.39, 0.29) is 23.3 Å². The van der Waals surface area contributed by atoms with Crippen molar-refractivity contribution in [2.45, 2.75) is 52.7 Å². The Hall–Kier alpha value is -2.36. The molecule has 2 aromatic carbocycles. The first kappa shape index (κ1) is 18.0. The Morgan fingerprint density at radius 3 is 2.08 bits per heavy atom. The molecule has 24 heavy (non-hydrogen) atoms. The van der Waals surface area contributed by atoms with Crippen LogP contribution in [0.3, 0.4) is 0 Å². The minimum atomic E-state index is -0.494. The topological polar surface area (TPSA) is 52.6 Å². The van der Waals surface area contributed by atoms with Crippen LogP contribution in [0.1, 0.15) is 61.3 Å². The SMILES string of the molecule is CCC(C)OC(=O)c1ccc2ccccc2c1C(=O)OC(C)CC. The van der Waals surface area contributed by atoms with Crippen LogP contribution in [0.4, 0.5) is 0 Å². The van der Waals surface area contributed by atoms with Crippen LogP contribution < -0.4 is 0 Å². The van der Waals surface area contributed by atoms with Crippen molar-refractivity contribution in [1.82, 2.24) is 0 Å². The van der Waals surface area contributed by atoms with E-state index in [0.717, 1.165) is 5.39 Å². The second-order valence-electron chi connectivity index (χ2n) is 5.96. The molecule has 2 unspecified atom stereocenters. The number of rotatable bonds is 6. The van der Waals surface area contributed by atoms with Crippen molar-refractivity contribution >= 4 is 22.7 Å². The smallest absolute Gasteiger partial charge is 0.339 e. The molecule has 0 spiro atoms. The third-order valence-electron chi connectivity index (χ3n) is 4.12. The van der Waals surface area contributed by atoms with E-state index in [1.165, 1.54) is 0 Å². The van der Waals surface area contributed by atoms with E-state index >= 15 is 0 Å². The van der Waals surface area contributed by atoms with Gasteiger partial charge in [0.2, 0.25) is 0 Å². The Bertz CT molecular complexity index is 735. The zero-order valence-electron chi connectivity index (χ0n) is 14.7. The molecule has 4 heteroatoms. The summed E-state index contributed by atoms with van der Waals surface area (Å²) in [5, 5.41) is 1.58. The highest BCUT2D eigenvalue weighted by molar-refractivity contribution is 6.12. The maximum Gasteiger partial charge on any atom is 0.339 e. The standard InChI is InChI=1S/C20H24O4/c1-5-13(3)23-19(21)17-12-11-15-9-7-8-10-16(15)18(17)20(22)24-14(4)6-2/h7-14H,5-6H2,1-4H3. The van der Waals surface area contributed by atoms with Crippen LogP contribution in [-0.4, -0.2) is 24.1 Å². The maximum absolute atomic E-state index is 12.7. The summed E-state index contributed by atoms with van der Waals surface area (Å²) in [6, 6.07) is 10.9. The van der Waals surface area contributed by atoms with Gasteiger partial charge in [0.05, 0.1) is 23.3 Å². The molecule has 128 valence electrons. The van der Waals surface area contributed by atoms with Gasteiger partial charge < -0.3 is 9.47 Å². The van der Waals surface area contributed by atoms with E-state index in [2.05, 4.69) is 0 Å². The van der Waals surface area contributed by atoms with Gasteiger partial charge in [-0.3, -0.25) is 0 Å². The van der Waals surface area contributed by atoms with Crippen LogP contribution in [0.2, 0.25) is 0 Å². The van der Waals surface area contributed by atoms with Crippen molar-refractivity contribution in [3.05, 3.63) is 47.5 Å². The Morgan fingerprint density at radius 2 is 1.46 bits per heavy atom. The fourth-order valence-electron chi connectivity index (χ4n) is 2.32. The minimum Gasteiger partial charge on any atom is -0.459 e. The van der Waals surface area contributed by atoms with Gasteiger partial charge in [0, 0.05) is 0 Å². The van der Waals surface area contributed by atoms with E-state index in [4.69, 9.17) is 9.47 Å². The van der Waals surface area contributed by atoms with Crippen molar-refractivity contribution in [3.8, 4) is 0 Å². The van der Waals surface area contributed by atoms with E-state index in [0.29, 0.717) is 18.2 Å². The lowest BCUT2D eigenvalue weighted by Crippen LogP contribution is -2.20. The van der Waals surface area contributed by atoms with E-state index in [1.54, 1.807) is 6.07 Å². The molecule has 0 aliphatic heterocycles. The number of ether oxygens (including phenoxy) is 2. The molecular weight excluding hydrogens is 304 g/mol. The lowest BCUT2D eigenvalue weighted by atomic mass is 9.98. The molecule has 0 aliphatic rings. The highest BCUT2D eigenvalue weighted by Crippen LogP contribution is 2.25. The summed E-state index contributed by atoms with van der Waals surface area (Å²) >= 11 is 0. The third kappa shape index (κ3) is 3.94. The van der Waals surface area contributed by atoms with Gasteiger partial charge in [-0.25, -0.2) is 9.59 Å². The fourth-order valence-corrected chi connectivity index (χ4v) is 2.32. The molecule has 2 aromatic rings. The molecule has 0 heterocycles. The third-order valence-corrected chi connectivity index (χ3v) is 4.12. The molecule has 0 radical (unpaired) electrons. The van der Waals surface area contributed by atoms with Crippen molar-refractivity contribution in [2.75, 3.05) is 0 Å². The molecule has 0 N–H and O–H groups in total. The molecule has 0 saturated heterocycles. The normalized spacial score (nSPS) is 13.3. The molecule has 0 fully saturated rings. The zero-order valence-corrected chi connectivity index (χ0v) is 14.7. The number of benzene rings is 2. The number of carbonyl (C=O) groups is 2. The largest absolute Gasteiger partial charge is 0.459 e. The predicted octanol–water partition coefficient (Wildman–Crippen LogP) is 4.75. The highest BCUT2D eigenvalue weighted by Gasteiger charge is 2.24.